The standard InChI is InChI=1S/C9H9BrN2O3/c1-4-8(11)6-2-5(10)3-7(12(13)14)9(6)15-4/h2-4,8H,11H2,1H3. The Hall–Kier alpha value is -1.14. The topological polar surface area (TPSA) is 78.4 Å². The molecule has 0 aromatic heterocycles. The van der Waals surface area contributed by atoms with Crippen LogP contribution in [0, 0.1) is 10.1 Å². The first-order valence-corrected chi connectivity index (χ1v) is 5.20. The molecule has 6 heteroatoms. The fourth-order valence-corrected chi connectivity index (χ4v) is 2.09. The van der Waals surface area contributed by atoms with Crippen molar-refractivity contribution >= 4 is 21.6 Å². The number of benzene rings is 1. The van der Waals surface area contributed by atoms with Crippen LogP contribution in [-0.4, -0.2) is 11.0 Å². The van der Waals surface area contributed by atoms with E-state index in [0.29, 0.717) is 15.8 Å². The van der Waals surface area contributed by atoms with Crippen LogP contribution in [0.25, 0.3) is 0 Å². The fraction of sp³-hybridized carbons (Fsp3) is 0.333. The first kappa shape index (κ1) is 10.4. The van der Waals surface area contributed by atoms with E-state index in [1.54, 1.807) is 13.0 Å². The highest BCUT2D eigenvalue weighted by molar-refractivity contribution is 9.10. The predicted molar refractivity (Wildman–Crippen MR) is 57.8 cm³/mol. The Labute approximate surface area is 94.5 Å². The molecule has 0 amide bonds. The molecular weight excluding hydrogens is 264 g/mol. The van der Waals surface area contributed by atoms with Crippen molar-refractivity contribution in [3.8, 4) is 5.75 Å². The number of hydrogen-bond acceptors (Lipinski definition) is 4. The van der Waals surface area contributed by atoms with Crippen LogP contribution in [0.1, 0.15) is 18.5 Å². The molecule has 5 nitrogen and oxygen atoms in total. The maximum atomic E-state index is 10.8. The molecule has 2 atom stereocenters. The van der Waals surface area contributed by atoms with Crippen molar-refractivity contribution in [3.05, 3.63) is 32.3 Å². The quantitative estimate of drug-likeness (QED) is 0.628. The molecule has 0 saturated heterocycles. The Kier molecular flexibility index (Phi) is 2.40. The number of nitro groups is 1. The summed E-state index contributed by atoms with van der Waals surface area (Å²) >= 11 is 3.22. The monoisotopic (exact) mass is 272 g/mol. The van der Waals surface area contributed by atoms with Gasteiger partial charge < -0.3 is 10.5 Å². The maximum Gasteiger partial charge on any atom is 0.312 e. The summed E-state index contributed by atoms with van der Waals surface area (Å²) in [6.45, 7) is 1.79. The highest BCUT2D eigenvalue weighted by Crippen LogP contribution is 2.43. The molecule has 2 rings (SSSR count). The van der Waals surface area contributed by atoms with Crippen molar-refractivity contribution in [2.45, 2.75) is 19.1 Å². The number of rotatable bonds is 1. The van der Waals surface area contributed by atoms with E-state index in [1.165, 1.54) is 6.07 Å². The number of nitrogens with two attached hydrogens (primary N) is 1. The SMILES string of the molecule is CC1Oc2c(cc(Br)cc2[N+](=O)[O-])C1N. The summed E-state index contributed by atoms with van der Waals surface area (Å²) in [6, 6.07) is 2.87. The third-order valence-electron chi connectivity index (χ3n) is 2.43. The van der Waals surface area contributed by atoms with Gasteiger partial charge in [0.25, 0.3) is 0 Å². The van der Waals surface area contributed by atoms with Crippen molar-refractivity contribution in [2.24, 2.45) is 5.73 Å². The lowest BCUT2D eigenvalue weighted by molar-refractivity contribution is -0.385. The van der Waals surface area contributed by atoms with Gasteiger partial charge in [0.2, 0.25) is 5.75 Å². The van der Waals surface area contributed by atoms with Crippen LogP contribution in [0.2, 0.25) is 0 Å². The molecule has 1 heterocycles. The average Bonchev–Trinajstić information content (AvgIpc) is 2.43. The highest BCUT2D eigenvalue weighted by atomic mass is 79.9. The molecule has 0 saturated carbocycles. The number of nitrogens with zero attached hydrogens (tertiary/aromatic N) is 1. The first-order chi connectivity index (χ1) is 7.00. The van der Waals surface area contributed by atoms with Crippen molar-refractivity contribution in [1.29, 1.82) is 0 Å². The smallest absolute Gasteiger partial charge is 0.312 e. The van der Waals surface area contributed by atoms with E-state index in [1.807, 2.05) is 0 Å². The minimum Gasteiger partial charge on any atom is -0.482 e. The molecule has 0 spiro atoms. The summed E-state index contributed by atoms with van der Waals surface area (Å²) in [5.74, 6) is 0.295. The zero-order valence-electron chi connectivity index (χ0n) is 7.94. The van der Waals surface area contributed by atoms with Crippen molar-refractivity contribution in [1.82, 2.24) is 0 Å². The van der Waals surface area contributed by atoms with Gasteiger partial charge in [-0.1, -0.05) is 15.9 Å². The van der Waals surface area contributed by atoms with Gasteiger partial charge in [-0.25, -0.2) is 0 Å². The highest BCUT2D eigenvalue weighted by Gasteiger charge is 2.34. The first-order valence-electron chi connectivity index (χ1n) is 4.40. The number of nitro benzene ring substituents is 1. The predicted octanol–water partition coefficient (Wildman–Crippen LogP) is 2.14. The Morgan fingerprint density at radius 3 is 2.87 bits per heavy atom. The molecule has 1 aromatic carbocycles. The second-order valence-corrected chi connectivity index (χ2v) is 4.36. The van der Waals surface area contributed by atoms with E-state index in [9.17, 15) is 10.1 Å². The van der Waals surface area contributed by atoms with Gasteiger partial charge in [0.1, 0.15) is 6.10 Å². The normalized spacial score (nSPS) is 23.4. The molecule has 2 unspecified atom stereocenters. The molecule has 0 aliphatic carbocycles. The Morgan fingerprint density at radius 2 is 2.27 bits per heavy atom. The second kappa shape index (κ2) is 3.46. The average molecular weight is 273 g/mol. The zero-order chi connectivity index (χ0) is 11.2. The lowest BCUT2D eigenvalue weighted by atomic mass is 10.1. The summed E-state index contributed by atoms with van der Waals surface area (Å²) in [4.78, 5) is 10.3. The maximum absolute atomic E-state index is 10.8. The molecular formula is C9H9BrN2O3. The van der Waals surface area contributed by atoms with Gasteiger partial charge in [-0.15, -0.1) is 0 Å². The van der Waals surface area contributed by atoms with Crippen LogP contribution in [0.4, 0.5) is 5.69 Å². The minimum absolute atomic E-state index is 0.0424. The lowest BCUT2D eigenvalue weighted by Gasteiger charge is -2.07. The van der Waals surface area contributed by atoms with Crippen LogP contribution in [0.5, 0.6) is 5.75 Å². The molecule has 1 aliphatic heterocycles. The fourth-order valence-electron chi connectivity index (χ4n) is 1.62. The van der Waals surface area contributed by atoms with Crippen molar-refractivity contribution in [3.63, 3.8) is 0 Å². The van der Waals surface area contributed by atoms with E-state index in [-0.39, 0.29) is 17.8 Å². The number of fused-ring (bicyclic) bond motifs is 1. The number of ether oxygens (including phenoxy) is 1. The van der Waals surface area contributed by atoms with Crippen LogP contribution in [0.15, 0.2) is 16.6 Å². The molecule has 1 aromatic rings. The van der Waals surface area contributed by atoms with E-state index in [4.69, 9.17) is 10.5 Å². The zero-order valence-corrected chi connectivity index (χ0v) is 9.52. The Bertz CT molecular complexity index is 436. The molecule has 80 valence electrons. The Morgan fingerprint density at radius 1 is 1.60 bits per heavy atom. The van der Waals surface area contributed by atoms with E-state index < -0.39 is 4.92 Å². The molecule has 0 fully saturated rings. The van der Waals surface area contributed by atoms with E-state index >= 15 is 0 Å². The number of hydrogen-bond donors (Lipinski definition) is 1. The minimum atomic E-state index is -0.464. The molecule has 1 aliphatic rings. The molecule has 15 heavy (non-hydrogen) atoms. The van der Waals surface area contributed by atoms with E-state index in [0.717, 1.165) is 0 Å². The van der Waals surface area contributed by atoms with Gasteiger partial charge in [0, 0.05) is 16.1 Å². The van der Waals surface area contributed by atoms with Gasteiger partial charge in [-0.05, 0) is 13.0 Å². The summed E-state index contributed by atoms with van der Waals surface area (Å²) in [5, 5.41) is 10.8. The van der Waals surface area contributed by atoms with Crippen LogP contribution in [-0.2, 0) is 0 Å². The van der Waals surface area contributed by atoms with Gasteiger partial charge in [0.15, 0.2) is 0 Å². The van der Waals surface area contributed by atoms with E-state index in [2.05, 4.69) is 15.9 Å². The van der Waals surface area contributed by atoms with Gasteiger partial charge in [0.05, 0.1) is 11.0 Å². The number of halogens is 1. The molecule has 2 N–H and O–H groups in total. The van der Waals surface area contributed by atoms with Crippen LogP contribution < -0.4 is 10.5 Å². The van der Waals surface area contributed by atoms with Crippen molar-refractivity contribution in [2.75, 3.05) is 0 Å². The lowest BCUT2D eigenvalue weighted by Crippen LogP contribution is -2.21. The Balaban J connectivity index is 2.62. The summed E-state index contributed by atoms with van der Waals surface area (Å²) < 4.78 is 6.02. The summed E-state index contributed by atoms with van der Waals surface area (Å²) in [6.07, 6.45) is -0.229. The van der Waals surface area contributed by atoms with Crippen molar-refractivity contribution < 1.29 is 9.66 Å². The molecule has 0 radical (unpaired) electrons. The van der Waals surface area contributed by atoms with Crippen LogP contribution >= 0.6 is 15.9 Å². The summed E-state index contributed by atoms with van der Waals surface area (Å²) in [7, 11) is 0. The third kappa shape index (κ3) is 1.59. The van der Waals surface area contributed by atoms with Gasteiger partial charge in [-0.3, -0.25) is 10.1 Å². The van der Waals surface area contributed by atoms with Gasteiger partial charge >= 0.3 is 5.69 Å². The second-order valence-electron chi connectivity index (χ2n) is 3.45. The third-order valence-corrected chi connectivity index (χ3v) is 2.89. The molecule has 0 bridgehead atoms. The van der Waals surface area contributed by atoms with Crippen LogP contribution in [0.3, 0.4) is 0 Å². The van der Waals surface area contributed by atoms with Gasteiger partial charge in [-0.2, -0.15) is 0 Å². The largest absolute Gasteiger partial charge is 0.482 e. The summed E-state index contributed by atoms with van der Waals surface area (Å²) in [5.41, 5.74) is 6.50.